The molecule has 0 radical (unpaired) electrons. The number of rotatable bonds is 4. The van der Waals surface area contributed by atoms with E-state index in [9.17, 15) is 8.42 Å². The summed E-state index contributed by atoms with van der Waals surface area (Å²) in [5, 5.41) is 8.89. The van der Waals surface area contributed by atoms with Crippen molar-refractivity contribution in [3.63, 3.8) is 0 Å². The van der Waals surface area contributed by atoms with Crippen LogP contribution in [0.1, 0.15) is 6.92 Å². The highest BCUT2D eigenvalue weighted by atomic mass is 79.9. The van der Waals surface area contributed by atoms with Crippen LogP contribution in [-0.4, -0.2) is 31.2 Å². The van der Waals surface area contributed by atoms with Gasteiger partial charge >= 0.3 is 0 Å². The van der Waals surface area contributed by atoms with E-state index in [1.807, 2.05) is 0 Å². The molecule has 0 aliphatic carbocycles. The van der Waals surface area contributed by atoms with Gasteiger partial charge in [-0.25, -0.2) is 18.1 Å². The highest BCUT2D eigenvalue weighted by Gasteiger charge is 2.19. The van der Waals surface area contributed by atoms with Crippen LogP contribution in [0.4, 0.5) is 0 Å². The lowest BCUT2D eigenvalue weighted by Gasteiger charge is -2.09. The van der Waals surface area contributed by atoms with Gasteiger partial charge in [0, 0.05) is 17.2 Å². The van der Waals surface area contributed by atoms with E-state index in [0.29, 0.717) is 4.47 Å². The minimum Gasteiger partial charge on any atom is -0.392 e. The first-order chi connectivity index (χ1) is 7.33. The summed E-state index contributed by atoms with van der Waals surface area (Å²) in [4.78, 5) is 3.59. The maximum atomic E-state index is 11.7. The molecule has 0 saturated carbocycles. The van der Waals surface area contributed by atoms with Gasteiger partial charge in [0.15, 0.2) is 0 Å². The normalized spacial score (nSPS) is 13.8. The van der Waals surface area contributed by atoms with E-state index in [0.717, 1.165) is 0 Å². The third kappa shape index (κ3) is 3.67. The number of sulfonamides is 1. The molecule has 1 atom stereocenters. The van der Waals surface area contributed by atoms with Gasteiger partial charge in [0.2, 0.25) is 10.0 Å². The second-order valence-electron chi connectivity index (χ2n) is 3.14. The molecule has 1 aromatic rings. The van der Waals surface area contributed by atoms with Crippen LogP contribution in [0.25, 0.3) is 0 Å². The summed E-state index contributed by atoms with van der Waals surface area (Å²) in [5.41, 5.74) is 0. The Bertz CT molecular complexity index is 478. The Morgan fingerprint density at radius 3 is 2.88 bits per heavy atom. The van der Waals surface area contributed by atoms with Crippen molar-refractivity contribution >= 4 is 37.6 Å². The molecule has 8 heteroatoms. The average Bonchev–Trinajstić information content (AvgIpc) is 2.19. The maximum Gasteiger partial charge on any atom is 0.243 e. The van der Waals surface area contributed by atoms with Gasteiger partial charge in [0.05, 0.1) is 6.10 Å². The number of aromatic nitrogens is 1. The molecule has 0 aliphatic heterocycles. The van der Waals surface area contributed by atoms with Crippen molar-refractivity contribution in [2.24, 2.45) is 0 Å². The van der Waals surface area contributed by atoms with Gasteiger partial charge in [0.1, 0.15) is 10.0 Å². The lowest BCUT2D eigenvalue weighted by molar-refractivity contribution is 0.198. The lowest BCUT2D eigenvalue weighted by atomic mass is 10.4. The second-order valence-corrected chi connectivity index (χ2v) is 6.15. The molecule has 1 rings (SSSR count). The first kappa shape index (κ1) is 13.9. The molecule has 0 bridgehead atoms. The third-order valence-electron chi connectivity index (χ3n) is 1.63. The number of aliphatic hydroxyl groups is 1. The largest absolute Gasteiger partial charge is 0.392 e. The monoisotopic (exact) mass is 328 g/mol. The summed E-state index contributed by atoms with van der Waals surface area (Å²) >= 11 is 8.79. The Kier molecular flexibility index (Phi) is 4.69. The minimum atomic E-state index is -3.74. The van der Waals surface area contributed by atoms with Crippen LogP contribution in [0.3, 0.4) is 0 Å². The summed E-state index contributed by atoms with van der Waals surface area (Å²) in [6.07, 6.45) is 0.629. The Hall–Kier alpha value is -0.210. The fourth-order valence-electron chi connectivity index (χ4n) is 0.901. The molecule has 0 aliphatic rings. The number of nitrogens with zero attached hydrogens (tertiary/aromatic N) is 1. The van der Waals surface area contributed by atoms with Crippen molar-refractivity contribution in [1.82, 2.24) is 9.71 Å². The van der Waals surface area contributed by atoms with E-state index in [-0.39, 0.29) is 16.6 Å². The molecule has 5 nitrogen and oxygen atoms in total. The minimum absolute atomic E-state index is 0.0782. The number of nitrogens with one attached hydrogen (secondary N) is 1. The van der Waals surface area contributed by atoms with Crippen LogP contribution in [-0.2, 0) is 10.0 Å². The molecule has 0 amide bonds. The van der Waals surface area contributed by atoms with E-state index >= 15 is 0 Å². The Labute approximate surface area is 107 Å². The molecule has 90 valence electrons. The summed E-state index contributed by atoms with van der Waals surface area (Å²) in [6, 6.07) is 1.35. The summed E-state index contributed by atoms with van der Waals surface area (Å²) in [7, 11) is -3.74. The molecular formula is C8H10BrClN2O3S. The predicted molar refractivity (Wildman–Crippen MR) is 63.8 cm³/mol. The zero-order valence-corrected chi connectivity index (χ0v) is 11.5. The van der Waals surface area contributed by atoms with Crippen molar-refractivity contribution in [1.29, 1.82) is 0 Å². The van der Waals surface area contributed by atoms with E-state index in [1.165, 1.54) is 19.2 Å². The SMILES string of the molecule is C[C@@H](O)CNS(=O)(=O)c1cc(Br)cnc1Cl. The van der Waals surface area contributed by atoms with Crippen LogP contribution in [0.15, 0.2) is 21.6 Å². The highest BCUT2D eigenvalue weighted by molar-refractivity contribution is 9.10. The molecule has 16 heavy (non-hydrogen) atoms. The molecule has 0 spiro atoms. The van der Waals surface area contributed by atoms with Crippen LogP contribution in [0.2, 0.25) is 5.15 Å². The Morgan fingerprint density at radius 1 is 1.69 bits per heavy atom. The maximum absolute atomic E-state index is 11.7. The van der Waals surface area contributed by atoms with Crippen LogP contribution in [0, 0.1) is 0 Å². The van der Waals surface area contributed by atoms with Crippen LogP contribution < -0.4 is 4.72 Å². The topological polar surface area (TPSA) is 79.3 Å². The van der Waals surface area contributed by atoms with Gasteiger partial charge in [-0.3, -0.25) is 0 Å². The smallest absolute Gasteiger partial charge is 0.243 e. The molecule has 1 aromatic heterocycles. The van der Waals surface area contributed by atoms with Crippen molar-refractivity contribution < 1.29 is 13.5 Å². The number of pyridine rings is 1. The lowest BCUT2D eigenvalue weighted by Crippen LogP contribution is -2.30. The summed E-state index contributed by atoms with van der Waals surface area (Å²) < 4.78 is 26.2. The van der Waals surface area contributed by atoms with Crippen LogP contribution in [0.5, 0.6) is 0 Å². The van der Waals surface area contributed by atoms with Crippen LogP contribution >= 0.6 is 27.5 Å². The summed E-state index contributed by atoms with van der Waals surface area (Å²) in [5.74, 6) is 0. The zero-order valence-electron chi connectivity index (χ0n) is 8.31. The average molecular weight is 330 g/mol. The van der Waals surface area contributed by atoms with E-state index < -0.39 is 16.1 Å². The van der Waals surface area contributed by atoms with E-state index in [2.05, 4.69) is 25.6 Å². The second kappa shape index (κ2) is 5.42. The van der Waals surface area contributed by atoms with Gasteiger partial charge in [-0.15, -0.1) is 0 Å². The number of aliphatic hydroxyl groups excluding tert-OH is 1. The Balaban J connectivity index is 3.02. The first-order valence-electron chi connectivity index (χ1n) is 4.31. The molecule has 0 aromatic carbocycles. The van der Waals surface area contributed by atoms with E-state index in [4.69, 9.17) is 16.7 Å². The summed E-state index contributed by atoms with van der Waals surface area (Å²) in [6.45, 7) is 1.40. The van der Waals surface area contributed by atoms with Gasteiger partial charge in [-0.1, -0.05) is 11.6 Å². The number of hydrogen-bond acceptors (Lipinski definition) is 4. The zero-order chi connectivity index (χ0) is 12.3. The fourth-order valence-corrected chi connectivity index (χ4v) is 2.96. The third-order valence-corrected chi connectivity index (χ3v) is 3.92. The fraction of sp³-hybridized carbons (Fsp3) is 0.375. The van der Waals surface area contributed by atoms with Crippen molar-refractivity contribution in [2.75, 3.05) is 6.54 Å². The molecule has 2 N–H and O–H groups in total. The van der Waals surface area contributed by atoms with Gasteiger partial charge in [-0.2, -0.15) is 0 Å². The van der Waals surface area contributed by atoms with Gasteiger partial charge in [-0.05, 0) is 28.9 Å². The molecule has 0 saturated heterocycles. The van der Waals surface area contributed by atoms with Gasteiger partial charge in [0.25, 0.3) is 0 Å². The van der Waals surface area contributed by atoms with Crippen molar-refractivity contribution in [3.05, 3.63) is 21.9 Å². The molecule has 0 unspecified atom stereocenters. The Morgan fingerprint density at radius 2 is 2.31 bits per heavy atom. The molecule has 0 fully saturated rings. The first-order valence-corrected chi connectivity index (χ1v) is 6.97. The number of hydrogen-bond donors (Lipinski definition) is 2. The number of halogens is 2. The van der Waals surface area contributed by atoms with E-state index in [1.54, 1.807) is 0 Å². The predicted octanol–water partition coefficient (Wildman–Crippen LogP) is 1.16. The standard InChI is InChI=1S/C8H10BrClN2O3S/c1-5(13)3-12-16(14,15)7-2-6(9)4-11-8(7)10/h2,4-5,12-13H,3H2,1H3/t5-/m1/s1. The van der Waals surface area contributed by atoms with Crippen molar-refractivity contribution in [3.8, 4) is 0 Å². The molecular weight excluding hydrogens is 320 g/mol. The molecule has 1 heterocycles. The van der Waals surface area contributed by atoms with Gasteiger partial charge < -0.3 is 5.11 Å². The van der Waals surface area contributed by atoms with Crippen molar-refractivity contribution in [2.45, 2.75) is 17.9 Å². The highest BCUT2D eigenvalue weighted by Crippen LogP contribution is 2.22. The quantitative estimate of drug-likeness (QED) is 0.812.